The predicted molar refractivity (Wildman–Crippen MR) is 115 cm³/mol. The fraction of sp³-hybridized carbons (Fsp3) is 0.417. The maximum absolute atomic E-state index is 13.5. The summed E-state index contributed by atoms with van der Waals surface area (Å²) in [4.78, 5) is 28.9. The predicted octanol–water partition coefficient (Wildman–Crippen LogP) is 3.35. The summed E-state index contributed by atoms with van der Waals surface area (Å²) in [6, 6.07) is 10.7. The van der Waals surface area contributed by atoms with Gasteiger partial charge in [0.05, 0.1) is 7.11 Å². The molecule has 0 spiro atoms. The van der Waals surface area contributed by atoms with Gasteiger partial charge in [0, 0.05) is 26.1 Å². The fourth-order valence-corrected chi connectivity index (χ4v) is 4.91. The summed E-state index contributed by atoms with van der Waals surface area (Å²) in [6.07, 6.45) is 1.74. The lowest BCUT2D eigenvalue weighted by molar-refractivity contribution is -0.133. The number of benzene rings is 2. The number of likely N-dealkylation sites (N-methyl/N-ethyl adjacent to an activating group) is 1. The minimum atomic E-state index is -1.02. The highest BCUT2D eigenvalue weighted by atomic mass is 19.1. The summed E-state index contributed by atoms with van der Waals surface area (Å²) in [7, 11) is 3.09. The van der Waals surface area contributed by atoms with Crippen LogP contribution in [0.4, 0.5) is 13.6 Å². The first-order valence-electron chi connectivity index (χ1n) is 10.7. The highest BCUT2D eigenvalue weighted by molar-refractivity contribution is 6.07. The number of carbonyl (C=O) groups excluding carboxylic acids is 2. The van der Waals surface area contributed by atoms with Gasteiger partial charge >= 0.3 is 6.03 Å². The van der Waals surface area contributed by atoms with Crippen molar-refractivity contribution in [2.45, 2.75) is 31.3 Å². The summed E-state index contributed by atoms with van der Waals surface area (Å²) >= 11 is 0. The van der Waals surface area contributed by atoms with Crippen LogP contribution < -0.4 is 10.1 Å². The first kappa shape index (κ1) is 22.2. The number of hydrogen-bond donors (Lipinski definition) is 1. The molecule has 2 aromatic rings. The first-order valence-corrected chi connectivity index (χ1v) is 10.7. The molecule has 6 nitrogen and oxygen atoms in total. The van der Waals surface area contributed by atoms with E-state index in [1.54, 1.807) is 7.11 Å². The van der Waals surface area contributed by atoms with E-state index in [2.05, 4.69) is 10.2 Å². The zero-order chi connectivity index (χ0) is 22.9. The van der Waals surface area contributed by atoms with E-state index < -0.39 is 23.2 Å². The Hall–Kier alpha value is -3.00. The number of imide groups is 1. The van der Waals surface area contributed by atoms with Crippen LogP contribution in [0.5, 0.6) is 5.75 Å². The molecular formula is C24H27F2N3O3. The van der Waals surface area contributed by atoms with Gasteiger partial charge in [-0.1, -0.05) is 12.1 Å². The van der Waals surface area contributed by atoms with Crippen LogP contribution in [-0.2, 0) is 17.8 Å². The normalized spacial score (nSPS) is 22.3. The Morgan fingerprint density at radius 1 is 1.06 bits per heavy atom. The van der Waals surface area contributed by atoms with Crippen molar-refractivity contribution in [1.29, 1.82) is 0 Å². The largest absolute Gasteiger partial charge is 0.497 e. The molecule has 0 saturated carbocycles. The van der Waals surface area contributed by atoms with Crippen molar-refractivity contribution in [2.24, 2.45) is 5.92 Å². The molecule has 2 saturated heterocycles. The number of halogens is 2. The Labute approximate surface area is 186 Å². The number of likely N-dealkylation sites (tertiary alicyclic amines) is 1. The van der Waals surface area contributed by atoms with E-state index in [1.165, 1.54) is 19.2 Å². The van der Waals surface area contributed by atoms with Gasteiger partial charge in [-0.3, -0.25) is 14.6 Å². The van der Waals surface area contributed by atoms with Gasteiger partial charge < -0.3 is 10.1 Å². The van der Waals surface area contributed by atoms with Gasteiger partial charge in [0.15, 0.2) is 0 Å². The standard InChI is InChI=1S/C24H27F2N3O3/c1-28-22(30)24(27-23(28)31,14-16-4-3-5-21(12-16)32-2)18-6-8-29(9-7-18)15-17-10-19(25)13-20(26)11-17/h3-5,10-13,18H,6-9,14-15H2,1-2H3,(H,27,31)/t24-/m1/s1. The number of methoxy groups -OCH3 is 1. The van der Waals surface area contributed by atoms with Crippen molar-refractivity contribution in [3.8, 4) is 5.75 Å². The highest BCUT2D eigenvalue weighted by Crippen LogP contribution is 2.37. The summed E-state index contributed by atoms with van der Waals surface area (Å²) < 4.78 is 32.4. The summed E-state index contributed by atoms with van der Waals surface area (Å²) in [6.45, 7) is 1.76. The average Bonchev–Trinajstić information content (AvgIpc) is 2.98. The number of nitrogens with one attached hydrogen (secondary N) is 1. The number of hydrogen-bond acceptors (Lipinski definition) is 4. The molecule has 170 valence electrons. The van der Waals surface area contributed by atoms with Gasteiger partial charge in [-0.05, 0) is 67.2 Å². The lowest BCUT2D eigenvalue weighted by atomic mass is 9.74. The molecule has 0 radical (unpaired) electrons. The molecule has 0 unspecified atom stereocenters. The second-order valence-electron chi connectivity index (χ2n) is 8.62. The number of ether oxygens (including phenoxy) is 1. The number of piperidine rings is 1. The Kier molecular flexibility index (Phi) is 6.15. The Bertz CT molecular complexity index is 1000. The van der Waals surface area contributed by atoms with Crippen LogP contribution in [0.3, 0.4) is 0 Å². The molecule has 2 aromatic carbocycles. The van der Waals surface area contributed by atoms with Crippen molar-refractivity contribution in [3.63, 3.8) is 0 Å². The van der Waals surface area contributed by atoms with Gasteiger partial charge in [0.2, 0.25) is 0 Å². The zero-order valence-electron chi connectivity index (χ0n) is 18.2. The van der Waals surface area contributed by atoms with E-state index in [0.29, 0.717) is 50.2 Å². The van der Waals surface area contributed by atoms with Crippen LogP contribution in [-0.4, -0.2) is 54.5 Å². The molecule has 1 N–H and O–H groups in total. The average molecular weight is 443 g/mol. The first-order chi connectivity index (χ1) is 15.3. The maximum Gasteiger partial charge on any atom is 0.324 e. The molecule has 0 aliphatic carbocycles. The maximum atomic E-state index is 13.5. The molecule has 2 fully saturated rings. The third-order valence-electron chi connectivity index (χ3n) is 6.55. The molecule has 3 amide bonds. The Balaban J connectivity index is 1.51. The van der Waals surface area contributed by atoms with E-state index in [0.717, 1.165) is 16.5 Å². The van der Waals surface area contributed by atoms with Gasteiger partial charge in [-0.25, -0.2) is 13.6 Å². The quantitative estimate of drug-likeness (QED) is 0.696. The highest BCUT2D eigenvalue weighted by Gasteiger charge is 2.54. The number of carbonyl (C=O) groups is 2. The SMILES string of the molecule is COc1cccc(C[C@]2(C3CCN(Cc4cc(F)cc(F)c4)CC3)NC(=O)N(C)C2=O)c1. The van der Waals surface area contributed by atoms with Crippen molar-refractivity contribution in [3.05, 3.63) is 65.2 Å². The minimum Gasteiger partial charge on any atom is -0.497 e. The number of amides is 3. The van der Waals surface area contributed by atoms with E-state index >= 15 is 0 Å². The molecule has 1 atom stereocenters. The fourth-order valence-electron chi connectivity index (χ4n) is 4.91. The van der Waals surface area contributed by atoms with Crippen LogP contribution >= 0.6 is 0 Å². The lowest BCUT2D eigenvalue weighted by Gasteiger charge is -2.41. The van der Waals surface area contributed by atoms with E-state index in [4.69, 9.17) is 4.74 Å². The zero-order valence-corrected chi connectivity index (χ0v) is 18.2. The molecule has 2 aliphatic rings. The topological polar surface area (TPSA) is 61.9 Å². The van der Waals surface area contributed by atoms with Gasteiger partial charge in [0.25, 0.3) is 5.91 Å². The van der Waals surface area contributed by atoms with Crippen molar-refractivity contribution >= 4 is 11.9 Å². The molecular weight excluding hydrogens is 416 g/mol. The second kappa shape index (κ2) is 8.86. The van der Waals surface area contributed by atoms with Gasteiger partial charge in [-0.2, -0.15) is 0 Å². The van der Waals surface area contributed by atoms with E-state index in [9.17, 15) is 18.4 Å². The molecule has 2 aliphatic heterocycles. The molecule has 4 rings (SSSR count). The monoisotopic (exact) mass is 443 g/mol. The molecule has 0 bridgehead atoms. The van der Waals surface area contributed by atoms with Crippen molar-refractivity contribution < 1.29 is 23.1 Å². The lowest BCUT2D eigenvalue weighted by Crippen LogP contribution is -2.57. The Morgan fingerprint density at radius 2 is 1.75 bits per heavy atom. The third kappa shape index (κ3) is 4.32. The van der Waals surface area contributed by atoms with Crippen LogP contribution in [0.15, 0.2) is 42.5 Å². The minimum absolute atomic E-state index is 0.0596. The molecule has 2 heterocycles. The Morgan fingerprint density at radius 3 is 2.34 bits per heavy atom. The van der Waals surface area contributed by atoms with Crippen LogP contribution in [0, 0.1) is 17.6 Å². The van der Waals surface area contributed by atoms with Gasteiger partial charge in [-0.15, -0.1) is 0 Å². The van der Waals surface area contributed by atoms with Crippen LogP contribution in [0.1, 0.15) is 24.0 Å². The second-order valence-corrected chi connectivity index (χ2v) is 8.62. The van der Waals surface area contributed by atoms with Crippen molar-refractivity contribution in [2.75, 3.05) is 27.2 Å². The number of rotatable bonds is 6. The van der Waals surface area contributed by atoms with Crippen molar-refractivity contribution in [1.82, 2.24) is 15.1 Å². The molecule has 32 heavy (non-hydrogen) atoms. The van der Waals surface area contributed by atoms with Gasteiger partial charge in [0.1, 0.15) is 22.9 Å². The number of nitrogens with zero attached hydrogens (tertiary/aromatic N) is 2. The molecule has 8 heteroatoms. The van der Waals surface area contributed by atoms with E-state index in [1.807, 2.05) is 24.3 Å². The summed E-state index contributed by atoms with van der Waals surface area (Å²) in [5.74, 6) is -0.768. The summed E-state index contributed by atoms with van der Waals surface area (Å²) in [5.41, 5.74) is 0.470. The smallest absolute Gasteiger partial charge is 0.324 e. The molecule has 0 aromatic heterocycles. The third-order valence-corrected chi connectivity index (χ3v) is 6.55. The van der Waals surface area contributed by atoms with Crippen LogP contribution in [0.2, 0.25) is 0 Å². The summed E-state index contributed by atoms with van der Waals surface area (Å²) in [5, 5.41) is 2.98. The van der Waals surface area contributed by atoms with E-state index in [-0.39, 0.29) is 11.8 Å². The number of urea groups is 1. The van der Waals surface area contributed by atoms with Crippen LogP contribution in [0.25, 0.3) is 0 Å².